The number of hydrogen-bond acceptors (Lipinski definition) is 10. The van der Waals surface area contributed by atoms with Gasteiger partial charge in [0.05, 0.1) is 35.9 Å². The monoisotopic (exact) mass is 709 g/mol. The molecule has 3 heterocycles. The van der Waals surface area contributed by atoms with Crippen LogP contribution < -0.4 is 24.8 Å². The third-order valence-corrected chi connectivity index (χ3v) is 13.6. The van der Waals surface area contributed by atoms with Gasteiger partial charge in [0.2, 0.25) is 27.7 Å². The topological polar surface area (TPSA) is 161 Å². The molecule has 2 aliphatic carbocycles. The summed E-state index contributed by atoms with van der Waals surface area (Å²) in [5.74, 6) is 0.325. The average molecular weight is 710 g/mol. The van der Waals surface area contributed by atoms with E-state index in [1.165, 1.54) is 4.90 Å². The molecule has 1 saturated heterocycles. The molecular formula is C37H51N5O7S. The Balaban J connectivity index is 1.32. The van der Waals surface area contributed by atoms with E-state index in [9.17, 15) is 22.8 Å². The Labute approximate surface area is 295 Å². The molecule has 0 spiro atoms. The van der Waals surface area contributed by atoms with E-state index >= 15 is 0 Å². The van der Waals surface area contributed by atoms with Gasteiger partial charge < -0.3 is 25.0 Å². The van der Waals surface area contributed by atoms with Crippen LogP contribution in [0, 0.1) is 23.2 Å². The lowest BCUT2D eigenvalue weighted by atomic mass is 9.88. The van der Waals surface area contributed by atoms with E-state index in [1.54, 1.807) is 14.0 Å². The van der Waals surface area contributed by atoms with Crippen molar-refractivity contribution in [3.05, 3.63) is 36.4 Å². The maximum absolute atomic E-state index is 14.4. The molecule has 0 radical (unpaired) electrons. The van der Waals surface area contributed by atoms with Gasteiger partial charge in [-0.15, -0.1) is 0 Å². The summed E-state index contributed by atoms with van der Waals surface area (Å²) in [7, 11) is 1.46. The van der Waals surface area contributed by atoms with Crippen LogP contribution in [-0.2, 0) is 24.4 Å². The number of nitrogens with zero attached hydrogens (tertiary/aromatic N) is 3. The number of carbonyl (C=O) groups excluding carboxylic acids is 3. The fourth-order valence-corrected chi connectivity index (χ4v) is 8.89. The number of Topliss-reactive ketones (excluding diaryl/α,β-unsaturated/α-hetero) is 1. The van der Waals surface area contributed by atoms with E-state index in [-0.39, 0.29) is 42.9 Å². The van der Waals surface area contributed by atoms with Gasteiger partial charge in [-0.3, -0.25) is 19.1 Å². The number of nitrogens with two attached hydrogens (primary N) is 1. The minimum atomic E-state index is -3.91. The van der Waals surface area contributed by atoms with Crippen molar-refractivity contribution in [2.45, 2.75) is 95.1 Å². The number of pyridine rings is 1. The third-order valence-electron chi connectivity index (χ3n) is 11.4. The number of allylic oxidation sites excluding steroid dienone is 2. The maximum atomic E-state index is 14.4. The summed E-state index contributed by atoms with van der Waals surface area (Å²) in [6.07, 6.45) is 7.12. The summed E-state index contributed by atoms with van der Waals surface area (Å²) < 4.78 is 39.6. The Bertz CT molecular complexity index is 1810. The summed E-state index contributed by atoms with van der Waals surface area (Å²) >= 11 is 0. The van der Waals surface area contributed by atoms with Gasteiger partial charge >= 0.3 is 0 Å². The molecule has 12 nitrogen and oxygen atoms in total. The molecule has 7 atom stereocenters. The van der Waals surface area contributed by atoms with Crippen LogP contribution in [0.1, 0.15) is 72.1 Å². The molecule has 1 unspecified atom stereocenters. The first-order valence-electron chi connectivity index (χ1n) is 17.7. The highest BCUT2D eigenvalue weighted by Crippen LogP contribution is 2.57. The first-order chi connectivity index (χ1) is 23.6. The highest BCUT2D eigenvalue weighted by Gasteiger charge is 2.62. The average Bonchev–Trinajstić information content (AvgIpc) is 3.95. The van der Waals surface area contributed by atoms with E-state index < -0.39 is 44.3 Å². The SMILES string of the molecule is COc1ccc2c(O[C@@H]3C[C@H]4C(=O)C[C@]5(C(=O)NS(=O)(=O)C6(C)CC6)C[C@H]5/C=C\CCC(C)C[C@@H](C)[C@H](N)C(=O)N4C3)nc(N(C)C)cc2c1. The Morgan fingerprint density at radius 3 is 2.56 bits per heavy atom. The highest BCUT2D eigenvalue weighted by molar-refractivity contribution is 7.91. The van der Waals surface area contributed by atoms with Crippen LogP contribution in [0.15, 0.2) is 36.4 Å². The van der Waals surface area contributed by atoms with E-state index in [0.29, 0.717) is 42.6 Å². The zero-order chi connectivity index (χ0) is 36.2. The van der Waals surface area contributed by atoms with E-state index in [0.717, 1.165) is 30.0 Å². The van der Waals surface area contributed by atoms with Crippen LogP contribution >= 0.6 is 0 Å². The van der Waals surface area contributed by atoms with E-state index in [1.807, 2.05) is 62.3 Å². The first-order valence-corrected chi connectivity index (χ1v) is 19.2. The summed E-state index contributed by atoms with van der Waals surface area (Å²) in [5, 5.41) is 1.62. The molecule has 50 heavy (non-hydrogen) atoms. The summed E-state index contributed by atoms with van der Waals surface area (Å²) in [6, 6.07) is 5.81. The van der Waals surface area contributed by atoms with Gasteiger partial charge in [-0.1, -0.05) is 26.0 Å². The van der Waals surface area contributed by atoms with Gasteiger partial charge in [-0.05, 0) is 92.9 Å². The first kappa shape index (κ1) is 36.1. The second-order valence-corrected chi connectivity index (χ2v) is 17.8. The van der Waals surface area contributed by atoms with Crippen molar-refractivity contribution in [1.29, 1.82) is 0 Å². The lowest BCUT2D eigenvalue weighted by Crippen LogP contribution is -2.52. The molecule has 2 amide bonds. The van der Waals surface area contributed by atoms with Gasteiger partial charge in [-0.25, -0.2) is 8.42 Å². The van der Waals surface area contributed by atoms with Crippen molar-refractivity contribution >= 4 is 44.2 Å². The number of hydrogen-bond donors (Lipinski definition) is 2. The van der Waals surface area contributed by atoms with Crippen LogP contribution in [0.3, 0.4) is 0 Å². The zero-order valence-corrected chi connectivity index (χ0v) is 30.8. The molecule has 2 aromatic rings. The van der Waals surface area contributed by atoms with Crippen LogP contribution in [0.25, 0.3) is 10.8 Å². The Morgan fingerprint density at radius 2 is 1.88 bits per heavy atom. The second-order valence-electron chi connectivity index (χ2n) is 15.6. The van der Waals surface area contributed by atoms with Crippen molar-refractivity contribution in [1.82, 2.24) is 14.6 Å². The Hall–Kier alpha value is -3.71. The van der Waals surface area contributed by atoms with E-state index in [2.05, 4.69) is 11.6 Å². The predicted octanol–water partition coefficient (Wildman–Crippen LogP) is 3.96. The number of ether oxygens (including phenoxy) is 2. The number of nitrogens with one attached hydrogen (secondary N) is 1. The van der Waals surface area contributed by atoms with Gasteiger partial charge in [0.15, 0.2) is 5.78 Å². The number of amides is 2. The number of ketones is 1. The molecular weight excluding hydrogens is 659 g/mol. The van der Waals surface area contributed by atoms with Crippen LogP contribution in [-0.4, -0.2) is 86.6 Å². The molecule has 13 heteroatoms. The minimum Gasteiger partial charge on any atom is -0.497 e. The largest absolute Gasteiger partial charge is 0.497 e. The minimum absolute atomic E-state index is 0.117. The summed E-state index contributed by atoms with van der Waals surface area (Å²) in [5.41, 5.74) is 5.42. The number of fused-ring (bicyclic) bond motifs is 3. The Kier molecular flexibility index (Phi) is 9.71. The second kappa shape index (κ2) is 13.4. The zero-order valence-electron chi connectivity index (χ0n) is 30.0. The number of sulfonamides is 1. The van der Waals surface area contributed by atoms with E-state index in [4.69, 9.17) is 20.2 Å². The van der Waals surface area contributed by atoms with Crippen molar-refractivity contribution in [3.63, 3.8) is 0 Å². The number of anilines is 1. The summed E-state index contributed by atoms with van der Waals surface area (Å²) in [4.78, 5) is 50.5. The number of carbonyl (C=O) groups is 3. The fraction of sp³-hybridized carbons (Fsp3) is 0.622. The van der Waals surface area contributed by atoms with Crippen LogP contribution in [0.5, 0.6) is 11.6 Å². The van der Waals surface area contributed by atoms with Gasteiger partial charge in [0, 0.05) is 32.3 Å². The molecule has 2 saturated carbocycles. The number of benzene rings is 1. The quantitative estimate of drug-likeness (QED) is 0.403. The lowest BCUT2D eigenvalue weighted by molar-refractivity contribution is -0.140. The van der Waals surface area contributed by atoms with Crippen LogP contribution in [0.2, 0.25) is 0 Å². The maximum Gasteiger partial charge on any atom is 0.240 e. The van der Waals surface area contributed by atoms with Crippen molar-refractivity contribution in [3.8, 4) is 11.6 Å². The fourth-order valence-electron chi connectivity index (χ4n) is 7.55. The molecule has 2 aliphatic heterocycles. The molecule has 0 bridgehead atoms. The standard InChI is InChI=1S/C37H51N5O7S/c1-22-9-7-8-10-25-19-37(25,35(45)40-50(46,47)36(3)13-14-36)20-30(43)29-18-27(21-42(29)34(44)32(38)23(2)15-22)49-33-28-12-11-26(48-6)16-24(28)17-31(39-33)41(4)5/h8,10-12,16-17,22-23,25,27,29,32H,7,9,13-15,18-21,38H2,1-6H3,(H,40,45)/b10-8-/t22?,23-,25-,27-,29+,32+,37-/m1/s1. The molecule has 1 aromatic heterocycles. The molecule has 1 aromatic carbocycles. The molecule has 3 fully saturated rings. The summed E-state index contributed by atoms with van der Waals surface area (Å²) in [6.45, 7) is 5.85. The van der Waals surface area contributed by atoms with Crippen LogP contribution in [0.4, 0.5) is 5.82 Å². The number of methoxy groups -OCH3 is 1. The normalized spacial score (nSPS) is 31.9. The molecule has 272 valence electrons. The Morgan fingerprint density at radius 1 is 1.14 bits per heavy atom. The van der Waals surface area contributed by atoms with Gasteiger partial charge in [-0.2, -0.15) is 4.98 Å². The predicted molar refractivity (Wildman–Crippen MR) is 191 cm³/mol. The van der Waals surface area contributed by atoms with Crippen molar-refractivity contribution < 1.29 is 32.3 Å². The third kappa shape index (κ3) is 6.95. The number of rotatable bonds is 7. The number of aromatic nitrogens is 1. The van der Waals surface area contributed by atoms with Crippen molar-refractivity contribution in [2.24, 2.45) is 28.9 Å². The molecule has 3 N–H and O–H groups in total. The smallest absolute Gasteiger partial charge is 0.240 e. The lowest BCUT2D eigenvalue weighted by Gasteiger charge is -2.30. The highest BCUT2D eigenvalue weighted by atomic mass is 32.2. The molecule has 4 aliphatic rings. The van der Waals surface area contributed by atoms with Gasteiger partial charge in [0.1, 0.15) is 17.7 Å². The molecule has 6 rings (SSSR count). The van der Waals surface area contributed by atoms with Crippen molar-refractivity contribution in [2.75, 3.05) is 32.6 Å². The van der Waals surface area contributed by atoms with Gasteiger partial charge in [0.25, 0.3) is 0 Å².